The zero-order chi connectivity index (χ0) is 18.9. The Hall–Kier alpha value is -2.70. The second-order valence-corrected chi connectivity index (χ2v) is 6.86. The largest absolute Gasteiger partial charge is 0.480 e. The highest BCUT2D eigenvalue weighted by Gasteiger charge is 2.36. The van der Waals surface area contributed by atoms with Crippen molar-refractivity contribution in [3.05, 3.63) is 47.0 Å². The normalized spacial score (nSPS) is 15.3. The summed E-state index contributed by atoms with van der Waals surface area (Å²) in [6.45, 7) is 3.38. The van der Waals surface area contributed by atoms with Crippen molar-refractivity contribution < 1.29 is 19.1 Å². The first-order valence-corrected chi connectivity index (χ1v) is 8.78. The number of nitrogens with one attached hydrogen (secondary N) is 1. The van der Waals surface area contributed by atoms with E-state index in [1.54, 1.807) is 16.8 Å². The molecule has 0 aliphatic heterocycles. The second-order valence-electron chi connectivity index (χ2n) is 6.86. The van der Waals surface area contributed by atoms with Crippen LogP contribution >= 0.6 is 0 Å². The number of carboxylic acids is 1. The van der Waals surface area contributed by atoms with E-state index < -0.39 is 17.4 Å². The summed E-state index contributed by atoms with van der Waals surface area (Å²) in [4.78, 5) is 24.4. The number of hydrogen-bond donors (Lipinski definition) is 2. The van der Waals surface area contributed by atoms with Gasteiger partial charge >= 0.3 is 5.97 Å². The predicted molar refractivity (Wildman–Crippen MR) is 94.0 cm³/mol. The second kappa shape index (κ2) is 6.90. The molecule has 0 radical (unpaired) electrons. The highest BCUT2D eigenvalue weighted by atomic mass is 19.1. The molecule has 2 aromatic rings. The standard InChI is InChI=1S/C19H22FN3O3/c1-3-11-19(2,18(25)26)21-17(24)16-14-5-4-6-15(14)23(22-16)13-9-7-12(20)8-10-13/h7-10H,3-6,11H2,1-2H3,(H,21,24)(H,25,26). The Morgan fingerprint density at radius 2 is 2.00 bits per heavy atom. The van der Waals surface area contributed by atoms with E-state index in [1.165, 1.54) is 19.1 Å². The van der Waals surface area contributed by atoms with Gasteiger partial charge in [0.1, 0.15) is 11.4 Å². The van der Waals surface area contributed by atoms with Crippen molar-refractivity contribution in [1.82, 2.24) is 15.1 Å². The summed E-state index contributed by atoms with van der Waals surface area (Å²) in [6.07, 6.45) is 3.36. The van der Waals surface area contributed by atoms with Crippen LogP contribution in [0.5, 0.6) is 0 Å². The summed E-state index contributed by atoms with van der Waals surface area (Å²) in [5.41, 5.74) is 1.37. The van der Waals surface area contributed by atoms with Crippen LogP contribution in [0.15, 0.2) is 24.3 Å². The number of carbonyl (C=O) groups excluding carboxylic acids is 1. The minimum atomic E-state index is -1.34. The molecule has 3 rings (SSSR count). The van der Waals surface area contributed by atoms with Crippen molar-refractivity contribution in [3.8, 4) is 5.69 Å². The topological polar surface area (TPSA) is 84.2 Å². The molecule has 0 fully saturated rings. The summed E-state index contributed by atoms with van der Waals surface area (Å²) < 4.78 is 14.9. The zero-order valence-corrected chi connectivity index (χ0v) is 14.9. The van der Waals surface area contributed by atoms with Crippen LogP contribution in [-0.2, 0) is 17.6 Å². The highest BCUT2D eigenvalue weighted by Crippen LogP contribution is 2.28. The molecule has 7 heteroatoms. The van der Waals surface area contributed by atoms with Crippen LogP contribution in [0.3, 0.4) is 0 Å². The summed E-state index contributed by atoms with van der Waals surface area (Å²) in [7, 11) is 0. The van der Waals surface area contributed by atoms with E-state index in [0.29, 0.717) is 18.5 Å². The van der Waals surface area contributed by atoms with Crippen LogP contribution in [0.1, 0.15) is 54.9 Å². The van der Waals surface area contributed by atoms with E-state index in [4.69, 9.17) is 0 Å². The number of nitrogens with zero attached hydrogens (tertiary/aromatic N) is 2. The monoisotopic (exact) mass is 359 g/mol. The van der Waals surface area contributed by atoms with Gasteiger partial charge in [0.15, 0.2) is 5.69 Å². The van der Waals surface area contributed by atoms with E-state index in [1.807, 2.05) is 6.92 Å². The van der Waals surface area contributed by atoms with Crippen LogP contribution < -0.4 is 5.32 Å². The van der Waals surface area contributed by atoms with Gasteiger partial charge in [-0.15, -0.1) is 0 Å². The molecule has 1 aliphatic rings. The molecule has 138 valence electrons. The van der Waals surface area contributed by atoms with Crippen LogP contribution in [0, 0.1) is 5.82 Å². The van der Waals surface area contributed by atoms with Crippen molar-refractivity contribution in [3.63, 3.8) is 0 Å². The summed E-state index contributed by atoms with van der Waals surface area (Å²) in [6, 6.07) is 5.92. The number of halogens is 1. The molecular formula is C19H22FN3O3. The molecule has 1 unspecified atom stereocenters. The van der Waals surface area contributed by atoms with Crippen LogP contribution in [0.25, 0.3) is 5.69 Å². The van der Waals surface area contributed by atoms with Crippen molar-refractivity contribution >= 4 is 11.9 Å². The zero-order valence-electron chi connectivity index (χ0n) is 14.9. The molecule has 1 aliphatic carbocycles. The number of amides is 1. The minimum Gasteiger partial charge on any atom is -0.480 e. The Morgan fingerprint density at radius 1 is 1.31 bits per heavy atom. The lowest BCUT2D eigenvalue weighted by molar-refractivity contribution is -0.144. The van der Waals surface area contributed by atoms with Gasteiger partial charge in [-0.2, -0.15) is 5.10 Å². The molecule has 1 amide bonds. The van der Waals surface area contributed by atoms with Gasteiger partial charge in [0.05, 0.1) is 5.69 Å². The van der Waals surface area contributed by atoms with Gasteiger partial charge in [-0.1, -0.05) is 13.3 Å². The number of benzene rings is 1. The number of hydrogen-bond acceptors (Lipinski definition) is 3. The fourth-order valence-corrected chi connectivity index (χ4v) is 3.45. The SMILES string of the molecule is CCCC(C)(NC(=O)c1nn(-c2ccc(F)cc2)c2c1CCC2)C(=O)O. The Labute approximate surface area is 151 Å². The third-order valence-electron chi connectivity index (χ3n) is 4.83. The Kier molecular flexibility index (Phi) is 4.80. The van der Waals surface area contributed by atoms with E-state index in [2.05, 4.69) is 10.4 Å². The first-order chi connectivity index (χ1) is 12.4. The van der Waals surface area contributed by atoms with Gasteiger partial charge in [-0.3, -0.25) is 4.79 Å². The van der Waals surface area contributed by atoms with Crippen molar-refractivity contribution in [1.29, 1.82) is 0 Å². The van der Waals surface area contributed by atoms with Crippen LogP contribution in [-0.4, -0.2) is 32.3 Å². The number of carboxylic acid groups (broad SMARTS) is 1. The summed E-state index contributed by atoms with van der Waals surface area (Å²) >= 11 is 0. The highest BCUT2D eigenvalue weighted by molar-refractivity contribution is 5.97. The molecule has 0 bridgehead atoms. The molecule has 0 saturated heterocycles. The van der Waals surface area contributed by atoms with Crippen molar-refractivity contribution in [2.45, 2.75) is 51.5 Å². The molecular weight excluding hydrogens is 337 g/mol. The molecule has 0 saturated carbocycles. The fourth-order valence-electron chi connectivity index (χ4n) is 3.45. The van der Waals surface area contributed by atoms with Crippen molar-refractivity contribution in [2.75, 3.05) is 0 Å². The first kappa shape index (κ1) is 18.1. The Morgan fingerprint density at radius 3 is 2.62 bits per heavy atom. The molecule has 1 atom stereocenters. The Balaban J connectivity index is 1.96. The third-order valence-corrected chi connectivity index (χ3v) is 4.83. The lowest BCUT2D eigenvalue weighted by atomic mass is 9.96. The van der Waals surface area contributed by atoms with Gasteiger partial charge in [-0.05, 0) is 56.9 Å². The number of aliphatic carboxylic acids is 1. The number of aromatic nitrogens is 2. The quantitative estimate of drug-likeness (QED) is 0.831. The van der Waals surface area contributed by atoms with Gasteiger partial charge < -0.3 is 10.4 Å². The minimum absolute atomic E-state index is 0.255. The number of fused-ring (bicyclic) bond motifs is 1. The molecule has 0 spiro atoms. The molecule has 6 nitrogen and oxygen atoms in total. The van der Waals surface area contributed by atoms with Crippen LogP contribution in [0.2, 0.25) is 0 Å². The molecule has 1 aromatic heterocycles. The maximum Gasteiger partial charge on any atom is 0.329 e. The molecule has 1 aromatic carbocycles. The maximum absolute atomic E-state index is 13.2. The first-order valence-electron chi connectivity index (χ1n) is 8.78. The lowest BCUT2D eigenvalue weighted by Gasteiger charge is -2.25. The average Bonchev–Trinajstić information content (AvgIpc) is 3.18. The number of carbonyl (C=O) groups is 2. The van der Waals surface area contributed by atoms with E-state index in [-0.39, 0.29) is 11.5 Å². The maximum atomic E-state index is 13.2. The predicted octanol–water partition coefficient (Wildman–Crippen LogP) is 2.87. The van der Waals surface area contributed by atoms with Gasteiger partial charge in [-0.25, -0.2) is 13.9 Å². The summed E-state index contributed by atoms with van der Waals surface area (Å²) in [5.74, 6) is -1.89. The average molecular weight is 359 g/mol. The van der Waals surface area contributed by atoms with E-state index in [9.17, 15) is 19.1 Å². The van der Waals surface area contributed by atoms with E-state index >= 15 is 0 Å². The molecule has 2 N–H and O–H groups in total. The number of rotatable bonds is 6. The molecule has 1 heterocycles. The molecule has 26 heavy (non-hydrogen) atoms. The van der Waals surface area contributed by atoms with Gasteiger partial charge in [0.25, 0.3) is 5.91 Å². The Bertz CT molecular complexity index is 844. The summed E-state index contributed by atoms with van der Waals surface area (Å²) in [5, 5.41) is 16.6. The van der Waals surface area contributed by atoms with Gasteiger partial charge in [0.2, 0.25) is 0 Å². The van der Waals surface area contributed by atoms with E-state index in [0.717, 1.165) is 30.5 Å². The van der Waals surface area contributed by atoms with Gasteiger partial charge in [0, 0.05) is 11.3 Å². The lowest BCUT2D eigenvalue weighted by Crippen LogP contribution is -2.52. The third kappa shape index (κ3) is 3.21. The van der Waals surface area contributed by atoms with Crippen LogP contribution in [0.4, 0.5) is 4.39 Å². The fraction of sp³-hybridized carbons (Fsp3) is 0.421. The van der Waals surface area contributed by atoms with Crippen molar-refractivity contribution in [2.24, 2.45) is 0 Å². The smallest absolute Gasteiger partial charge is 0.329 e.